The standard InChI is InChI=1S/C21H21FN6O3S/c1-12-9-14(24-2)11-25-18(12)19(29)26-13-6-7-16(22)15(10-13)21-8-4-5-17(21)32(30,31)28(3)20(23)27-21/h6-7,9-11,17H,4-5,8H2,1,3H3,(H2,23,27)(H,26,29)/t17-,21-/m1/s1. The van der Waals surface area contributed by atoms with Gasteiger partial charge in [-0.2, -0.15) is 0 Å². The Morgan fingerprint density at radius 1 is 1.41 bits per heavy atom. The van der Waals surface area contributed by atoms with E-state index in [4.69, 9.17) is 12.3 Å². The fourth-order valence-corrected chi connectivity index (χ4v) is 6.37. The van der Waals surface area contributed by atoms with E-state index in [0.717, 1.165) is 4.31 Å². The first-order valence-electron chi connectivity index (χ1n) is 9.88. The van der Waals surface area contributed by atoms with Gasteiger partial charge < -0.3 is 11.1 Å². The SMILES string of the molecule is [C-]#[N+]c1cnc(C(=O)Nc2ccc(F)c([C@]34CCC[C@H]3S(=O)(=O)N(C)C(N)=N4)c2)c(C)c1. The van der Waals surface area contributed by atoms with Crippen molar-refractivity contribution in [3.8, 4) is 0 Å². The maximum atomic E-state index is 15.0. The molecule has 1 aliphatic heterocycles. The number of hydrogen-bond donors (Lipinski definition) is 2. The van der Waals surface area contributed by atoms with Crippen molar-refractivity contribution >= 4 is 33.3 Å². The van der Waals surface area contributed by atoms with Crippen LogP contribution in [0.1, 0.15) is 40.9 Å². The van der Waals surface area contributed by atoms with Gasteiger partial charge in [-0.05, 0) is 56.0 Å². The number of nitrogens with one attached hydrogen (secondary N) is 1. The highest BCUT2D eigenvalue weighted by atomic mass is 32.2. The molecule has 1 aromatic heterocycles. The second-order valence-corrected chi connectivity index (χ2v) is 10.1. The van der Waals surface area contributed by atoms with Crippen LogP contribution in [0.3, 0.4) is 0 Å². The minimum atomic E-state index is -3.81. The van der Waals surface area contributed by atoms with Gasteiger partial charge in [-0.15, -0.1) is 0 Å². The molecule has 11 heteroatoms. The largest absolute Gasteiger partial charge is 0.369 e. The molecule has 2 atom stereocenters. The van der Waals surface area contributed by atoms with Crippen LogP contribution in [0.4, 0.5) is 15.8 Å². The molecule has 1 amide bonds. The van der Waals surface area contributed by atoms with E-state index in [1.807, 2.05) is 0 Å². The Kier molecular flexibility index (Phi) is 5.13. The number of carbonyl (C=O) groups excluding carboxylic acids is 1. The van der Waals surface area contributed by atoms with Crippen molar-refractivity contribution in [3.05, 3.63) is 64.5 Å². The van der Waals surface area contributed by atoms with Gasteiger partial charge in [0, 0.05) is 24.5 Å². The quantitative estimate of drug-likeness (QED) is 0.688. The third-order valence-electron chi connectivity index (χ3n) is 6.03. The van der Waals surface area contributed by atoms with Gasteiger partial charge in [-0.1, -0.05) is 0 Å². The van der Waals surface area contributed by atoms with Crippen LogP contribution >= 0.6 is 0 Å². The summed E-state index contributed by atoms with van der Waals surface area (Å²) in [6.07, 6.45) is 2.49. The number of sulfonamides is 1. The van der Waals surface area contributed by atoms with Crippen molar-refractivity contribution in [2.24, 2.45) is 10.7 Å². The van der Waals surface area contributed by atoms with Crippen molar-refractivity contribution in [2.75, 3.05) is 12.4 Å². The van der Waals surface area contributed by atoms with E-state index in [1.165, 1.54) is 31.4 Å². The molecule has 0 unspecified atom stereocenters. The second kappa shape index (κ2) is 7.56. The average molecular weight is 457 g/mol. The molecule has 4 rings (SSSR count). The van der Waals surface area contributed by atoms with Crippen LogP contribution in [0.5, 0.6) is 0 Å². The summed E-state index contributed by atoms with van der Waals surface area (Å²) < 4.78 is 41.9. The fourth-order valence-electron chi connectivity index (χ4n) is 4.43. The van der Waals surface area contributed by atoms with Gasteiger partial charge in [0.2, 0.25) is 21.7 Å². The second-order valence-electron chi connectivity index (χ2n) is 7.91. The predicted molar refractivity (Wildman–Crippen MR) is 117 cm³/mol. The Balaban J connectivity index is 1.74. The number of fused-ring (bicyclic) bond motifs is 1. The normalized spacial score (nSPS) is 23.8. The molecule has 0 radical (unpaired) electrons. The minimum absolute atomic E-state index is 0.0745. The lowest BCUT2D eigenvalue weighted by Crippen LogP contribution is -2.55. The van der Waals surface area contributed by atoms with Crippen molar-refractivity contribution < 1.29 is 17.6 Å². The summed E-state index contributed by atoms with van der Waals surface area (Å²) in [7, 11) is -2.48. The van der Waals surface area contributed by atoms with E-state index in [2.05, 4.69) is 20.1 Å². The van der Waals surface area contributed by atoms with Gasteiger partial charge in [0.05, 0.1) is 6.57 Å². The van der Waals surface area contributed by atoms with Crippen molar-refractivity contribution in [3.63, 3.8) is 0 Å². The van der Waals surface area contributed by atoms with Gasteiger partial charge in [0.1, 0.15) is 22.3 Å². The zero-order valence-corrected chi connectivity index (χ0v) is 18.3. The van der Waals surface area contributed by atoms with Crippen LogP contribution in [-0.4, -0.2) is 41.9 Å². The van der Waals surface area contributed by atoms with Crippen LogP contribution in [0.2, 0.25) is 0 Å². The number of amides is 1. The number of pyridine rings is 1. The molecule has 2 aliphatic rings. The highest BCUT2D eigenvalue weighted by Crippen LogP contribution is 2.49. The third-order valence-corrected chi connectivity index (χ3v) is 8.33. The minimum Gasteiger partial charge on any atom is -0.369 e. The van der Waals surface area contributed by atoms with Crippen LogP contribution in [0.25, 0.3) is 4.85 Å². The predicted octanol–water partition coefficient (Wildman–Crippen LogP) is 2.67. The number of nitrogens with zero attached hydrogens (tertiary/aromatic N) is 4. The summed E-state index contributed by atoms with van der Waals surface area (Å²) in [5.74, 6) is -1.35. The monoisotopic (exact) mass is 456 g/mol. The highest BCUT2D eigenvalue weighted by molar-refractivity contribution is 7.90. The first kappa shape index (κ1) is 21.7. The summed E-state index contributed by atoms with van der Waals surface area (Å²) in [5, 5.41) is 1.73. The molecule has 166 valence electrons. The summed E-state index contributed by atoms with van der Waals surface area (Å²) in [5.41, 5.74) is 5.84. The molecule has 2 heterocycles. The summed E-state index contributed by atoms with van der Waals surface area (Å²) >= 11 is 0. The van der Waals surface area contributed by atoms with Crippen LogP contribution in [0, 0.1) is 19.3 Å². The molecule has 9 nitrogen and oxygen atoms in total. The van der Waals surface area contributed by atoms with E-state index in [1.54, 1.807) is 13.0 Å². The number of guanidine groups is 1. The number of hydrogen-bond acceptors (Lipinski definition) is 6. The molecule has 32 heavy (non-hydrogen) atoms. The first-order chi connectivity index (χ1) is 15.1. The van der Waals surface area contributed by atoms with E-state index in [9.17, 15) is 17.6 Å². The number of aliphatic imine (C=N–C) groups is 1. The number of carbonyl (C=O) groups is 1. The Morgan fingerprint density at radius 3 is 2.84 bits per heavy atom. The first-order valence-corrected chi connectivity index (χ1v) is 11.4. The molecule has 1 saturated carbocycles. The Morgan fingerprint density at radius 2 is 2.16 bits per heavy atom. The highest BCUT2D eigenvalue weighted by Gasteiger charge is 2.56. The molecule has 1 aliphatic carbocycles. The number of benzene rings is 1. The molecular formula is C21H21FN6O3S. The Labute approximate surface area is 185 Å². The lowest BCUT2D eigenvalue weighted by atomic mass is 9.87. The Bertz CT molecular complexity index is 1300. The molecule has 0 saturated heterocycles. The molecule has 1 aromatic carbocycles. The summed E-state index contributed by atoms with van der Waals surface area (Å²) in [6.45, 7) is 8.70. The lowest BCUT2D eigenvalue weighted by Gasteiger charge is -2.39. The fraction of sp³-hybridized carbons (Fsp3) is 0.333. The van der Waals surface area contributed by atoms with E-state index < -0.39 is 32.5 Å². The molecule has 0 spiro atoms. The van der Waals surface area contributed by atoms with E-state index in [0.29, 0.717) is 30.5 Å². The molecule has 1 fully saturated rings. The van der Waals surface area contributed by atoms with Gasteiger partial charge in [-0.25, -0.2) is 27.0 Å². The van der Waals surface area contributed by atoms with Gasteiger partial charge in [-0.3, -0.25) is 9.78 Å². The maximum absolute atomic E-state index is 15.0. The van der Waals surface area contributed by atoms with Crippen LogP contribution < -0.4 is 11.1 Å². The zero-order valence-electron chi connectivity index (χ0n) is 17.5. The number of aromatic nitrogens is 1. The summed E-state index contributed by atoms with van der Waals surface area (Å²) in [6, 6.07) is 5.52. The van der Waals surface area contributed by atoms with Gasteiger partial charge in [0.15, 0.2) is 0 Å². The molecule has 0 bridgehead atoms. The maximum Gasteiger partial charge on any atom is 0.274 e. The van der Waals surface area contributed by atoms with Crippen molar-refractivity contribution in [1.82, 2.24) is 9.29 Å². The lowest BCUT2D eigenvalue weighted by molar-refractivity contribution is 0.102. The number of halogens is 1. The van der Waals surface area contributed by atoms with Crippen molar-refractivity contribution in [2.45, 2.75) is 37.0 Å². The molecule has 2 aromatic rings. The van der Waals surface area contributed by atoms with Gasteiger partial charge >= 0.3 is 0 Å². The topological polar surface area (TPSA) is 122 Å². The van der Waals surface area contributed by atoms with Crippen molar-refractivity contribution in [1.29, 1.82) is 0 Å². The van der Waals surface area contributed by atoms with Gasteiger partial charge in [0.25, 0.3) is 5.91 Å². The zero-order chi connectivity index (χ0) is 23.3. The van der Waals surface area contributed by atoms with E-state index in [-0.39, 0.29) is 22.9 Å². The summed E-state index contributed by atoms with van der Waals surface area (Å²) in [4.78, 5) is 24.5. The molecule has 3 N–H and O–H groups in total. The van der Waals surface area contributed by atoms with Crippen LogP contribution in [0.15, 0.2) is 35.5 Å². The number of anilines is 1. The van der Waals surface area contributed by atoms with E-state index >= 15 is 0 Å². The van der Waals surface area contributed by atoms with Crippen LogP contribution in [-0.2, 0) is 15.6 Å². The molecular weight excluding hydrogens is 435 g/mol. The smallest absolute Gasteiger partial charge is 0.274 e. The third kappa shape index (κ3) is 3.27. The Hall–Kier alpha value is -3.52. The number of rotatable bonds is 3. The number of aryl methyl sites for hydroxylation is 1. The number of nitrogens with two attached hydrogens (primary N) is 1. The average Bonchev–Trinajstić information content (AvgIpc) is 3.19.